The van der Waals surface area contributed by atoms with Crippen LogP contribution in [-0.2, 0) is 0 Å². The Kier molecular flexibility index (Phi) is 4.30. The van der Waals surface area contributed by atoms with Gasteiger partial charge in [0.05, 0.1) is 10.5 Å². The van der Waals surface area contributed by atoms with Crippen LogP contribution in [0.2, 0.25) is 5.02 Å². The Hall–Kier alpha value is -2.22. The van der Waals surface area contributed by atoms with E-state index in [1.54, 1.807) is 0 Å². The van der Waals surface area contributed by atoms with Crippen LogP contribution in [0.5, 0.6) is 5.88 Å². The first kappa shape index (κ1) is 17.2. The largest absolute Gasteiger partial charge is 0.493 e. The molecule has 0 saturated heterocycles. The van der Waals surface area contributed by atoms with Crippen LogP contribution in [0.1, 0.15) is 15.2 Å². The highest BCUT2D eigenvalue weighted by Gasteiger charge is 2.18. The number of H-pyrrole nitrogens is 1. The van der Waals surface area contributed by atoms with E-state index in [0.717, 1.165) is 20.1 Å². The van der Waals surface area contributed by atoms with E-state index in [9.17, 15) is 9.90 Å². The minimum atomic E-state index is -0.547. The number of aromatic nitrogens is 1. The number of benzene rings is 2. The normalized spacial score (nSPS) is 11.8. The Morgan fingerprint density at radius 3 is 2.81 bits per heavy atom. The van der Waals surface area contributed by atoms with Crippen molar-refractivity contribution in [2.45, 2.75) is 6.92 Å². The van der Waals surface area contributed by atoms with E-state index < -0.39 is 5.91 Å². The van der Waals surface area contributed by atoms with Crippen molar-refractivity contribution in [3.8, 4) is 5.88 Å². The minimum Gasteiger partial charge on any atom is -0.493 e. The Labute approximate surface area is 165 Å². The zero-order valence-corrected chi connectivity index (χ0v) is 16.5. The number of aromatic hydroxyl groups is 1. The molecule has 0 aliphatic rings. The molecule has 130 valence electrons. The minimum absolute atomic E-state index is 0.148. The second-order valence-electron chi connectivity index (χ2n) is 5.69. The summed E-state index contributed by atoms with van der Waals surface area (Å²) in [5.41, 5.74) is 1.88. The summed E-state index contributed by atoms with van der Waals surface area (Å²) in [4.78, 5) is 15.6. The number of amides is 1. The van der Waals surface area contributed by atoms with Gasteiger partial charge in [0.15, 0.2) is 5.69 Å². The summed E-state index contributed by atoms with van der Waals surface area (Å²) in [6.07, 6.45) is 0. The third-order valence-electron chi connectivity index (χ3n) is 4.02. The molecule has 0 aliphatic carbocycles. The predicted octanol–water partition coefficient (Wildman–Crippen LogP) is 6.74. The molecule has 0 aliphatic heterocycles. The molecule has 4 aromatic rings. The molecule has 5 nitrogen and oxygen atoms in total. The Morgan fingerprint density at radius 1 is 1.27 bits per heavy atom. The van der Waals surface area contributed by atoms with Crippen LogP contribution in [0.3, 0.4) is 0 Å². The van der Waals surface area contributed by atoms with Crippen LogP contribution < -0.4 is 0 Å². The van der Waals surface area contributed by atoms with Crippen LogP contribution >= 0.6 is 38.9 Å². The molecule has 0 fully saturated rings. The first-order chi connectivity index (χ1) is 12.5. The molecule has 2 heterocycles. The average molecular weight is 449 g/mol. The summed E-state index contributed by atoms with van der Waals surface area (Å²) in [5, 5.41) is 19.8. The summed E-state index contributed by atoms with van der Waals surface area (Å²) >= 11 is 11.1. The summed E-state index contributed by atoms with van der Waals surface area (Å²) in [7, 11) is 0. The molecule has 2 aromatic carbocycles. The number of hydrogen-bond acceptors (Lipinski definition) is 4. The molecule has 2 N–H and O–H groups in total. The summed E-state index contributed by atoms with van der Waals surface area (Å²) in [6, 6.07) is 11.2. The second-order valence-corrected chi connectivity index (χ2v) is 7.91. The number of aromatic amines is 1. The maximum atomic E-state index is 12.5. The van der Waals surface area contributed by atoms with Crippen molar-refractivity contribution < 1.29 is 9.90 Å². The van der Waals surface area contributed by atoms with Crippen molar-refractivity contribution in [2.75, 3.05) is 0 Å². The number of halogens is 2. The fourth-order valence-corrected chi connectivity index (χ4v) is 4.64. The van der Waals surface area contributed by atoms with Gasteiger partial charge in [-0.15, -0.1) is 21.6 Å². The fourth-order valence-electron chi connectivity index (χ4n) is 2.71. The van der Waals surface area contributed by atoms with E-state index >= 15 is 0 Å². The van der Waals surface area contributed by atoms with Crippen LogP contribution in [0, 0.1) is 6.92 Å². The molecule has 0 spiro atoms. The van der Waals surface area contributed by atoms with Gasteiger partial charge in [0, 0.05) is 19.9 Å². The van der Waals surface area contributed by atoms with E-state index in [1.807, 2.05) is 43.3 Å². The molecule has 2 aromatic heterocycles. The lowest BCUT2D eigenvalue weighted by Gasteiger charge is -1.99. The number of nitrogens with one attached hydrogen (secondary N) is 1. The van der Waals surface area contributed by atoms with Crippen LogP contribution in [0.25, 0.3) is 21.0 Å². The van der Waals surface area contributed by atoms with E-state index in [-0.39, 0.29) is 11.6 Å². The second kappa shape index (κ2) is 6.50. The monoisotopic (exact) mass is 447 g/mol. The number of hydrogen-bond donors (Lipinski definition) is 2. The molecule has 0 atom stereocenters. The predicted molar refractivity (Wildman–Crippen MR) is 108 cm³/mol. The lowest BCUT2D eigenvalue weighted by Crippen LogP contribution is -1.89. The van der Waals surface area contributed by atoms with Crippen molar-refractivity contribution in [3.63, 3.8) is 0 Å². The smallest absolute Gasteiger partial charge is 0.307 e. The first-order valence-corrected chi connectivity index (χ1v) is 9.59. The summed E-state index contributed by atoms with van der Waals surface area (Å²) in [6.45, 7) is 1.93. The molecule has 8 heteroatoms. The van der Waals surface area contributed by atoms with Gasteiger partial charge >= 0.3 is 5.91 Å². The first-order valence-electron chi connectivity index (χ1n) is 7.60. The van der Waals surface area contributed by atoms with Crippen molar-refractivity contribution in [1.82, 2.24) is 4.98 Å². The lowest BCUT2D eigenvalue weighted by molar-refractivity contribution is 0.0999. The Bertz CT molecular complexity index is 1210. The number of nitrogens with zero attached hydrogens (tertiary/aromatic N) is 2. The zero-order chi connectivity index (χ0) is 18.4. The van der Waals surface area contributed by atoms with Gasteiger partial charge in [-0.25, -0.2) is 0 Å². The Morgan fingerprint density at radius 2 is 2.04 bits per heavy atom. The van der Waals surface area contributed by atoms with Crippen LogP contribution in [-0.4, -0.2) is 16.0 Å². The van der Waals surface area contributed by atoms with Gasteiger partial charge in [-0.1, -0.05) is 35.9 Å². The highest BCUT2D eigenvalue weighted by molar-refractivity contribution is 9.10. The van der Waals surface area contributed by atoms with Crippen molar-refractivity contribution in [2.24, 2.45) is 10.2 Å². The molecule has 0 saturated carbocycles. The van der Waals surface area contributed by atoms with Gasteiger partial charge < -0.3 is 10.1 Å². The van der Waals surface area contributed by atoms with Crippen molar-refractivity contribution >= 4 is 71.5 Å². The third kappa shape index (κ3) is 2.72. The third-order valence-corrected chi connectivity index (χ3v) is 6.70. The molecule has 0 bridgehead atoms. The quantitative estimate of drug-likeness (QED) is 0.333. The van der Waals surface area contributed by atoms with Gasteiger partial charge in [-0.3, -0.25) is 4.79 Å². The zero-order valence-electron chi connectivity index (χ0n) is 13.4. The number of aryl methyl sites for hydroxylation is 1. The average Bonchev–Trinajstić information content (AvgIpc) is 3.14. The van der Waals surface area contributed by atoms with Crippen LogP contribution in [0.4, 0.5) is 5.69 Å². The molecule has 0 unspecified atom stereocenters. The van der Waals surface area contributed by atoms with Gasteiger partial charge in [0.1, 0.15) is 4.88 Å². The highest BCUT2D eigenvalue weighted by Crippen LogP contribution is 2.41. The summed E-state index contributed by atoms with van der Waals surface area (Å²) < 4.78 is 1.69. The van der Waals surface area contributed by atoms with Gasteiger partial charge in [0.25, 0.3) is 0 Å². The number of carbonyl (C=O) groups is 1. The van der Waals surface area contributed by atoms with Crippen molar-refractivity contribution in [3.05, 3.63) is 56.3 Å². The van der Waals surface area contributed by atoms with E-state index in [2.05, 4.69) is 31.1 Å². The molecular formula is C18H11BrClN3O2S. The number of rotatable bonds is 2. The molecule has 1 amide bonds. The maximum absolute atomic E-state index is 12.5. The topological polar surface area (TPSA) is 77.8 Å². The summed E-state index contributed by atoms with van der Waals surface area (Å²) in [5.74, 6) is -0.695. The standard InChI is InChI=1S/C18H11BrClN3O2S/c1-8-6-7-10-12(13(8)19)15(17(24)21-10)22-23-18(25)16-14(20)9-4-2-3-5-11(9)26-16/h2-7,21,24H,1H3. The number of fused-ring (bicyclic) bond motifs is 2. The fraction of sp³-hybridized carbons (Fsp3) is 0.0556. The maximum Gasteiger partial charge on any atom is 0.307 e. The van der Waals surface area contributed by atoms with E-state index in [1.165, 1.54) is 11.3 Å². The number of carbonyl (C=O) groups excluding carboxylic acids is 1. The molecule has 26 heavy (non-hydrogen) atoms. The van der Waals surface area contributed by atoms with Crippen LogP contribution in [0.15, 0.2) is 51.1 Å². The molecule has 4 rings (SSSR count). The van der Waals surface area contributed by atoms with Crippen molar-refractivity contribution in [1.29, 1.82) is 0 Å². The van der Waals surface area contributed by atoms with Gasteiger partial charge in [-0.05, 0) is 40.5 Å². The number of azo groups is 1. The Balaban J connectivity index is 1.77. The van der Waals surface area contributed by atoms with Gasteiger partial charge in [-0.2, -0.15) is 0 Å². The van der Waals surface area contributed by atoms with E-state index in [0.29, 0.717) is 20.8 Å². The van der Waals surface area contributed by atoms with E-state index in [4.69, 9.17) is 11.6 Å². The molecule has 0 radical (unpaired) electrons. The number of thiophene rings is 1. The molecular weight excluding hydrogens is 438 g/mol. The SMILES string of the molecule is Cc1ccc2[nH]c(O)c(N=NC(=O)c3sc4ccccc4c3Cl)c2c1Br. The highest BCUT2D eigenvalue weighted by atomic mass is 79.9. The van der Waals surface area contributed by atoms with Gasteiger partial charge in [0.2, 0.25) is 5.88 Å². The lowest BCUT2D eigenvalue weighted by atomic mass is 10.1.